The first-order valence-electron chi connectivity index (χ1n) is 6.42. The first kappa shape index (κ1) is 12.2. The normalized spacial score (nSPS) is 20.0. The Morgan fingerprint density at radius 2 is 2.18 bits per heavy atom. The van der Waals surface area contributed by atoms with Crippen LogP contribution in [0.15, 0.2) is 18.2 Å². The predicted octanol–water partition coefficient (Wildman–Crippen LogP) is 3.29. The molecule has 2 rings (SSSR count). The molecule has 0 bridgehead atoms. The van der Waals surface area contributed by atoms with Gasteiger partial charge in [-0.1, -0.05) is 13.8 Å². The van der Waals surface area contributed by atoms with E-state index in [9.17, 15) is 4.79 Å². The van der Waals surface area contributed by atoms with Gasteiger partial charge in [0.25, 0.3) is 0 Å². The largest absolute Gasteiger partial charge is 0.371 e. The van der Waals surface area contributed by atoms with Crippen LogP contribution in [0.25, 0.3) is 0 Å². The van der Waals surface area contributed by atoms with Crippen LogP contribution in [-0.4, -0.2) is 19.4 Å². The van der Waals surface area contributed by atoms with Crippen LogP contribution in [0.1, 0.15) is 36.2 Å². The molecule has 0 aromatic heterocycles. The molecule has 0 radical (unpaired) electrons. The molecule has 1 unspecified atom stereocenters. The number of anilines is 1. The molecule has 2 heteroatoms. The summed E-state index contributed by atoms with van der Waals surface area (Å²) in [5.74, 6) is 1.57. The smallest absolute Gasteiger partial charge is 0.150 e. The summed E-state index contributed by atoms with van der Waals surface area (Å²) in [6.45, 7) is 8.90. The Kier molecular flexibility index (Phi) is 3.51. The molecule has 1 aliphatic heterocycles. The quantitative estimate of drug-likeness (QED) is 0.744. The van der Waals surface area contributed by atoms with Crippen molar-refractivity contribution in [1.29, 1.82) is 0 Å². The third-order valence-electron chi connectivity index (χ3n) is 3.91. The lowest BCUT2D eigenvalue weighted by Crippen LogP contribution is -2.21. The van der Waals surface area contributed by atoms with Crippen molar-refractivity contribution in [3.8, 4) is 0 Å². The maximum atomic E-state index is 10.8. The van der Waals surface area contributed by atoms with Gasteiger partial charge >= 0.3 is 0 Å². The molecule has 1 aliphatic rings. The molecule has 0 amide bonds. The first-order chi connectivity index (χ1) is 8.11. The number of hydrogen-bond donors (Lipinski definition) is 0. The van der Waals surface area contributed by atoms with Crippen LogP contribution in [0.2, 0.25) is 0 Å². The molecule has 2 nitrogen and oxygen atoms in total. The number of carbonyl (C=O) groups is 1. The number of nitrogens with zero attached hydrogens (tertiary/aromatic N) is 1. The summed E-state index contributed by atoms with van der Waals surface area (Å²) >= 11 is 0. The average molecular weight is 231 g/mol. The third kappa shape index (κ3) is 2.51. The Labute approximate surface area is 104 Å². The maximum absolute atomic E-state index is 10.8. The summed E-state index contributed by atoms with van der Waals surface area (Å²) in [7, 11) is 0. The summed E-state index contributed by atoms with van der Waals surface area (Å²) in [6, 6.07) is 6.13. The fourth-order valence-corrected chi connectivity index (χ4v) is 2.55. The lowest BCUT2D eigenvalue weighted by atomic mass is 9.95. The van der Waals surface area contributed by atoms with Gasteiger partial charge in [-0.05, 0) is 48.9 Å². The predicted molar refractivity (Wildman–Crippen MR) is 71.7 cm³/mol. The van der Waals surface area contributed by atoms with Crippen LogP contribution >= 0.6 is 0 Å². The SMILES string of the molecule is Cc1cc(N2CCC(C(C)C)C2)ccc1C=O. The highest BCUT2D eigenvalue weighted by molar-refractivity contribution is 5.78. The molecule has 1 aromatic rings. The molecule has 1 heterocycles. The molecular formula is C15H21NO. The lowest BCUT2D eigenvalue weighted by molar-refractivity contribution is 0.112. The number of aldehydes is 1. The number of carbonyl (C=O) groups excluding carboxylic acids is 1. The number of aryl methyl sites for hydroxylation is 1. The Morgan fingerprint density at radius 3 is 2.71 bits per heavy atom. The van der Waals surface area contributed by atoms with Gasteiger partial charge in [0.05, 0.1) is 0 Å². The van der Waals surface area contributed by atoms with Gasteiger partial charge in [-0.3, -0.25) is 4.79 Å². The standard InChI is InChI=1S/C15H21NO/c1-11(2)13-6-7-16(9-13)15-5-4-14(10-17)12(3)8-15/h4-5,8,10-11,13H,6-7,9H2,1-3H3. The second-order valence-corrected chi connectivity index (χ2v) is 5.40. The molecule has 0 spiro atoms. The molecule has 1 saturated heterocycles. The van der Waals surface area contributed by atoms with Gasteiger partial charge in [-0.2, -0.15) is 0 Å². The molecular weight excluding hydrogens is 210 g/mol. The minimum Gasteiger partial charge on any atom is -0.371 e. The van der Waals surface area contributed by atoms with Crippen molar-refractivity contribution in [1.82, 2.24) is 0 Å². The van der Waals surface area contributed by atoms with E-state index < -0.39 is 0 Å². The van der Waals surface area contributed by atoms with Gasteiger partial charge in [-0.25, -0.2) is 0 Å². The van der Waals surface area contributed by atoms with E-state index in [1.165, 1.54) is 12.1 Å². The molecule has 92 valence electrons. The van der Waals surface area contributed by atoms with Crippen LogP contribution in [0, 0.1) is 18.8 Å². The molecule has 17 heavy (non-hydrogen) atoms. The first-order valence-corrected chi connectivity index (χ1v) is 6.42. The summed E-state index contributed by atoms with van der Waals surface area (Å²) < 4.78 is 0. The summed E-state index contributed by atoms with van der Waals surface area (Å²) in [4.78, 5) is 13.2. The highest BCUT2D eigenvalue weighted by Gasteiger charge is 2.24. The minimum atomic E-state index is 0.760. The van der Waals surface area contributed by atoms with Crippen LogP contribution in [0.4, 0.5) is 5.69 Å². The van der Waals surface area contributed by atoms with E-state index in [0.717, 1.165) is 42.3 Å². The molecule has 0 aliphatic carbocycles. The molecule has 0 saturated carbocycles. The highest BCUT2D eigenvalue weighted by atomic mass is 16.1. The van der Waals surface area contributed by atoms with Crippen molar-refractivity contribution in [2.24, 2.45) is 11.8 Å². The molecule has 0 N–H and O–H groups in total. The lowest BCUT2D eigenvalue weighted by Gasteiger charge is -2.20. The topological polar surface area (TPSA) is 20.3 Å². The second kappa shape index (κ2) is 4.91. The Morgan fingerprint density at radius 1 is 1.41 bits per heavy atom. The van der Waals surface area contributed by atoms with Gasteiger partial charge < -0.3 is 4.90 Å². The fourth-order valence-electron chi connectivity index (χ4n) is 2.55. The zero-order valence-electron chi connectivity index (χ0n) is 10.9. The van der Waals surface area contributed by atoms with Crippen molar-refractivity contribution in [2.45, 2.75) is 27.2 Å². The van der Waals surface area contributed by atoms with Crippen molar-refractivity contribution in [2.75, 3.05) is 18.0 Å². The minimum absolute atomic E-state index is 0.760. The van der Waals surface area contributed by atoms with E-state index >= 15 is 0 Å². The van der Waals surface area contributed by atoms with E-state index in [1.807, 2.05) is 13.0 Å². The number of benzene rings is 1. The Hall–Kier alpha value is -1.31. The van der Waals surface area contributed by atoms with Crippen LogP contribution in [-0.2, 0) is 0 Å². The van der Waals surface area contributed by atoms with Crippen molar-refractivity contribution in [3.05, 3.63) is 29.3 Å². The second-order valence-electron chi connectivity index (χ2n) is 5.40. The highest BCUT2D eigenvalue weighted by Crippen LogP contribution is 2.29. The number of rotatable bonds is 3. The Bertz CT molecular complexity index is 411. The average Bonchev–Trinajstić information content (AvgIpc) is 2.78. The van der Waals surface area contributed by atoms with Crippen molar-refractivity contribution >= 4 is 12.0 Å². The van der Waals surface area contributed by atoms with Crippen LogP contribution in [0.5, 0.6) is 0 Å². The van der Waals surface area contributed by atoms with Gasteiger partial charge in [-0.15, -0.1) is 0 Å². The van der Waals surface area contributed by atoms with Crippen molar-refractivity contribution in [3.63, 3.8) is 0 Å². The fraction of sp³-hybridized carbons (Fsp3) is 0.533. The zero-order valence-corrected chi connectivity index (χ0v) is 10.9. The zero-order chi connectivity index (χ0) is 12.4. The van der Waals surface area contributed by atoms with Crippen molar-refractivity contribution < 1.29 is 4.79 Å². The molecule has 1 fully saturated rings. The molecule has 1 atom stereocenters. The summed E-state index contributed by atoms with van der Waals surface area (Å²) in [5.41, 5.74) is 3.13. The Balaban J connectivity index is 2.14. The van der Waals surface area contributed by atoms with Gasteiger partial charge in [0.15, 0.2) is 0 Å². The maximum Gasteiger partial charge on any atom is 0.150 e. The van der Waals surface area contributed by atoms with Crippen LogP contribution in [0.3, 0.4) is 0 Å². The van der Waals surface area contributed by atoms with Gasteiger partial charge in [0.1, 0.15) is 6.29 Å². The van der Waals surface area contributed by atoms with E-state index in [1.54, 1.807) is 0 Å². The van der Waals surface area contributed by atoms with Crippen LogP contribution < -0.4 is 4.90 Å². The summed E-state index contributed by atoms with van der Waals surface area (Å²) in [6.07, 6.45) is 2.21. The molecule has 1 aromatic carbocycles. The van der Waals surface area contributed by atoms with Gasteiger partial charge in [0.2, 0.25) is 0 Å². The van der Waals surface area contributed by atoms with E-state index in [4.69, 9.17) is 0 Å². The summed E-state index contributed by atoms with van der Waals surface area (Å²) in [5, 5.41) is 0. The van der Waals surface area contributed by atoms with E-state index in [0.29, 0.717) is 0 Å². The monoisotopic (exact) mass is 231 g/mol. The van der Waals surface area contributed by atoms with E-state index in [-0.39, 0.29) is 0 Å². The number of hydrogen-bond acceptors (Lipinski definition) is 2. The third-order valence-corrected chi connectivity index (χ3v) is 3.91. The van der Waals surface area contributed by atoms with E-state index in [2.05, 4.69) is 30.9 Å². The van der Waals surface area contributed by atoms with Gasteiger partial charge in [0, 0.05) is 24.3 Å².